The van der Waals surface area contributed by atoms with Gasteiger partial charge in [0.05, 0.1) is 5.69 Å². The minimum Gasteiger partial charge on any atom is -0.337 e. The Morgan fingerprint density at radius 1 is 1.29 bits per heavy atom. The molecule has 0 radical (unpaired) electrons. The Hall–Kier alpha value is -2.15. The first-order valence-electron chi connectivity index (χ1n) is 7.82. The summed E-state index contributed by atoms with van der Waals surface area (Å²) in [7, 11) is -0.981. The van der Waals surface area contributed by atoms with E-state index in [0.29, 0.717) is 18.0 Å². The Balaban J connectivity index is 1.91. The third-order valence-electron chi connectivity index (χ3n) is 3.44. The summed E-state index contributed by atoms with van der Waals surface area (Å²) in [6.45, 7) is 8.10. The Morgan fingerprint density at radius 2 is 2.04 bits per heavy atom. The summed E-state index contributed by atoms with van der Waals surface area (Å²) in [5, 5.41) is 9.77. The van der Waals surface area contributed by atoms with E-state index < -0.39 is 10.8 Å². The fourth-order valence-corrected chi connectivity index (χ4v) is 2.99. The molecule has 1 heterocycles. The Labute approximate surface area is 145 Å². The summed E-state index contributed by atoms with van der Waals surface area (Å²) in [5.74, 6) is 0.434. The van der Waals surface area contributed by atoms with Crippen molar-refractivity contribution in [3.8, 4) is 5.69 Å². The summed E-state index contributed by atoms with van der Waals surface area (Å²) in [5.41, 5.74) is 2.57. The third-order valence-corrected chi connectivity index (χ3v) is 5.38. The van der Waals surface area contributed by atoms with Crippen molar-refractivity contribution in [2.45, 2.75) is 32.4 Å². The van der Waals surface area contributed by atoms with E-state index >= 15 is 0 Å². The maximum absolute atomic E-state index is 12.0. The van der Waals surface area contributed by atoms with Crippen molar-refractivity contribution < 1.29 is 9.00 Å². The molecule has 2 N–H and O–H groups in total. The van der Waals surface area contributed by atoms with Crippen molar-refractivity contribution in [3.05, 3.63) is 42.2 Å². The molecule has 2 aromatic rings. The zero-order valence-electron chi connectivity index (χ0n) is 14.5. The molecule has 6 nitrogen and oxygen atoms in total. The van der Waals surface area contributed by atoms with Crippen LogP contribution in [0.15, 0.2) is 36.5 Å². The Kier molecular flexibility index (Phi) is 5.77. The number of nitrogens with zero attached hydrogens (tertiary/aromatic N) is 2. The van der Waals surface area contributed by atoms with E-state index in [4.69, 9.17) is 0 Å². The zero-order valence-corrected chi connectivity index (χ0v) is 15.3. The molecule has 0 aliphatic rings. The summed E-state index contributed by atoms with van der Waals surface area (Å²) in [6.07, 6.45) is 1.73. The van der Waals surface area contributed by atoms with Gasteiger partial charge in [-0.1, -0.05) is 6.07 Å². The summed E-state index contributed by atoms with van der Waals surface area (Å²) in [6, 6.07) is 9.07. The van der Waals surface area contributed by atoms with Crippen molar-refractivity contribution in [2.24, 2.45) is 0 Å². The van der Waals surface area contributed by atoms with Crippen LogP contribution in [-0.2, 0) is 10.8 Å². The smallest absolute Gasteiger partial charge is 0.319 e. The van der Waals surface area contributed by atoms with Crippen molar-refractivity contribution >= 4 is 22.5 Å². The van der Waals surface area contributed by atoms with Crippen LogP contribution in [0.1, 0.15) is 26.5 Å². The quantitative estimate of drug-likeness (QED) is 0.872. The molecular weight excluding hydrogens is 324 g/mol. The number of nitrogens with one attached hydrogen (secondary N) is 2. The molecule has 130 valence electrons. The summed E-state index contributed by atoms with van der Waals surface area (Å²) < 4.78 is 13.5. The van der Waals surface area contributed by atoms with E-state index in [-0.39, 0.29) is 10.8 Å². The molecule has 0 spiro atoms. The van der Waals surface area contributed by atoms with Gasteiger partial charge in [0.25, 0.3) is 0 Å². The van der Waals surface area contributed by atoms with Gasteiger partial charge in [-0.2, -0.15) is 5.10 Å². The molecule has 1 atom stereocenters. The fraction of sp³-hybridized carbons (Fsp3) is 0.412. The highest BCUT2D eigenvalue weighted by atomic mass is 32.2. The van der Waals surface area contributed by atoms with E-state index in [1.54, 1.807) is 10.9 Å². The number of hydrogen-bond donors (Lipinski definition) is 2. The van der Waals surface area contributed by atoms with E-state index in [0.717, 1.165) is 11.4 Å². The molecule has 2 amide bonds. The van der Waals surface area contributed by atoms with Gasteiger partial charge >= 0.3 is 6.03 Å². The molecule has 0 aliphatic heterocycles. The van der Waals surface area contributed by atoms with Crippen molar-refractivity contribution in [1.82, 2.24) is 15.1 Å². The molecule has 24 heavy (non-hydrogen) atoms. The SMILES string of the molecule is Cc1ccnn1-c1cccc(NC(=O)NCC[S@](=O)C(C)(C)C)c1. The van der Waals surface area contributed by atoms with Crippen LogP contribution in [-0.4, -0.2) is 37.1 Å². The number of urea groups is 1. The molecule has 0 aliphatic carbocycles. The van der Waals surface area contributed by atoms with E-state index in [1.165, 1.54) is 0 Å². The lowest BCUT2D eigenvalue weighted by Gasteiger charge is -2.17. The number of carbonyl (C=O) groups excluding carboxylic acids is 1. The zero-order chi connectivity index (χ0) is 17.7. The van der Waals surface area contributed by atoms with Crippen LogP contribution in [0.4, 0.5) is 10.5 Å². The maximum Gasteiger partial charge on any atom is 0.319 e. The maximum atomic E-state index is 12.0. The van der Waals surface area contributed by atoms with Gasteiger partial charge in [-0.15, -0.1) is 0 Å². The highest BCUT2D eigenvalue weighted by Gasteiger charge is 2.18. The lowest BCUT2D eigenvalue weighted by atomic mass is 10.2. The van der Waals surface area contributed by atoms with Crippen LogP contribution in [0.3, 0.4) is 0 Å². The van der Waals surface area contributed by atoms with Crippen molar-refractivity contribution in [1.29, 1.82) is 0 Å². The molecule has 0 unspecified atom stereocenters. The first-order valence-corrected chi connectivity index (χ1v) is 9.13. The summed E-state index contributed by atoms with van der Waals surface area (Å²) >= 11 is 0. The molecule has 1 aromatic heterocycles. The van der Waals surface area contributed by atoms with Crippen LogP contribution in [0.25, 0.3) is 5.69 Å². The second-order valence-corrected chi connectivity index (χ2v) is 8.80. The van der Waals surface area contributed by atoms with Crippen LogP contribution in [0, 0.1) is 6.92 Å². The third kappa shape index (κ3) is 4.92. The lowest BCUT2D eigenvalue weighted by Crippen LogP contribution is -2.35. The first kappa shape index (κ1) is 18.2. The summed E-state index contributed by atoms with van der Waals surface area (Å²) in [4.78, 5) is 12.0. The average Bonchev–Trinajstić information content (AvgIpc) is 2.92. The molecule has 0 saturated heterocycles. The predicted octanol–water partition coefficient (Wildman–Crippen LogP) is 2.85. The minimum absolute atomic E-state index is 0.270. The molecule has 1 aromatic carbocycles. The van der Waals surface area contributed by atoms with Crippen molar-refractivity contribution in [3.63, 3.8) is 0 Å². The molecule has 0 bridgehead atoms. The second kappa shape index (κ2) is 7.61. The number of aryl methyl sites for hydroxylation is 1. The standard InChI is InChI=1S/C17H24N4O2S/c1-13-8-9-19-21(13)15-7-5-6-14(12-15)20-16(22)18-10-11-24(23)17(2,3)4/h5-9,12H,10-11H2,1-4H3,(H2,18,20,22)/t24-/m0/s1. The van der Waals surface area contributed by atoms with Gasteiger partial charge in [-0.05, 0) is 52.0 Å². The number of hydrogen-bond acceptors (Lipinski definition) is 3. The van der Waals surface area contributed by atoms with Gasteiger partial charge in [0, 0.05) is 45.4 Å². The van der Waals surface area contributed by atoms with Gasteiger partial charge in [0.15, 0.2) is 0 Å². The van der Waals surface area contributed by atoms with E-state index in [9.17, 15) is 9.00 Å². The number of aromatic nitrogens is 2. The topological polar surface area (TPSA) is 76.0 Å². The first-order chi connectivity index (χ1) is 11.3. The van der Waals surface area contributed by atoms with Gasteiger partial charge in [0.2, 0.25) is 0 Å². The Morgan fingerprint density at radius 3 is 2.67 bits per heavy atom. The molecule has 7 heteroatoms. The fourth-order valence-electron chi connectivity index (χ4n) is 2.09. The highest BCUT2D eigenvalue weighted by molar-refractivity contribution is 7.86. The van der Waals surface area contributed by atoms with E-state index in [1.807, 2.05) is 58.0 Å². The van der Waals surface area contributed by atoms with Crippen molar-refractivity contribution in [2.75, 3.05) is 17.6 Å². The van der Waals surface area contributed by atoms with Crippen LogP contribution >= 0.6 is 0 Å². The van der Waals surface area contributed by atoms with Gasteiger partial charge in [0.1, 0.15) is 0 Å². The normalized spacial score (nSPS) is 12.7. The van der Waals surface area contributed by atoms with Gasteiger partial charge < -0.3 is 10.6 Å². The number of rotatable bonds is 5. The monoisotopic (exact) mass is 348 g/mol. The number of anilines is 1. The van der Waals surface area contributed by atoms with Crippen LogP contribution in [0.5, 0.6) is 0 Å². The van der Waals surface area contributed by atoms with Gasteiger partial charge in [-0.25, -0.2) is 9.48 Å². The largest absolute Gasteiger partial charge is 0.337 e. The predicted molar refractivity (Wildman–Crippen MR) is 98.1 cm³/mol. The number of amides is 2. The lowest BCUT2D eigenvalue weighted by molar-refractivity contribution is 0.252. The number of benzene rings is 1. The molecule has 0 saturated carbocycles. The minimum atomic E-state index is -0.981. The average molecular weight is 348 g/mol. The molecular formula is C17H24N4O2S. The highest BCUT2D eigenvalue weighted by Crippen LogP contribution is 2.15. The Bertz CT molecular complexity index is 734. The van der Waals surface area contributed by atoms with E-state index in [2.05, 4.69) is 15.7 Å². The van der Waals surface area contributed by atoms with Crippen LogP contribution in [0.2, 0.25) is 0 Å². The second-order valence-electron chi connectivity index (χ2n) is 6.48. The molecule has 2 rings (SSSR count). The van der Waals surface area contributed by atoms with Crippen LogP contribution < -0.4 is 10.6 Å². The molecule has 0 fully saturated rings. The number of carbonyl (C=O) groups is 1. The van der Waals surface area contributed by atoms with Gasteiger partial charge in [-0.3, -0.25) is 4.21 Å².